The normalized spacial score (nSPS) is 15.3. The lowest BCUT2D eigenvalue weighted by Gasteiger charge is -2.36. The van der Waals surface area contributed by atoms with Gasteiger partial charge in [0.2, 0.25) is 0 Å². The number of para-hydroxylation sites is 1. The van der Waals surface area contributed by atoms with Crippen LogP contribution >= 0.6 is 15.9 Å². The summed E-state index contributed by atoms with van der Waals surface area (Å²) in [5, 5.41) is 0. The average Bonchev–Trinajstić information content (AvgIpc) is 2.68. The van der Waals surface area contributed by atoms with Crippen molar-refractivity contribution in [1.82, 2.24) is 0 Å². The summed E-state index contributed by atoms with van der Waals surface area (Å²) in [6, 6.07) is 18.9. The smallest absolute Gasteiger partial charge is 0.287 e. The quantitative estimate of drug-likeness (QED) is 0.514. The Bertz CT molecular complexity index is 1220. The molecule has 0 spiro atoms. The molecule has 3 aromatic rings. The van der Waals surface area contributed by atoms with Gasteiger partial charge < -0.3 is 0 Å². The van der Waals surface area contributed by atoms with Gasteiger partial charge in [-0.15, -0.1) is 0 Å². The number of carbonyl (C=O) groups is 1. The maximum Gasteiger partial charge on any atom is 0.343 e. The molecular formula is C22H19BrN2O3S. The Morgan fingerprint density at radius 1 is 0.897 bits per heavy atom. The number of nitrogens with zero attached hydrogens (tertiary/aromatic N) is 2. The Morgan fingerprint density at radius 3 is 2.38 bits per heavy atom. The number of aryl methyl sites for hydroxylation is 2. The molecule has 0 bridgehead atoms. The first kappa shape index (κ1) is 19.7. The van der Waals surface area contributed by atoms with E-state index in [2.05, 4.69) is 15.9 Å². The summed E-state index contributed by atoms with van der Waals surface area (Å²) in [5.41, 5.74) is 3.57. The molecule has 0 aromatic heterocycles. The van der Waals surface area contributed by atoms with Crippen molar-refractivity contribution in [3.05, 3.63) is 87.9 Å². The van der Waals surface area contributed by atoms with E-state index in [1.165, 1.54) is 4.90 Å². The second-order valence-corrected chi connectivity index (χ2v) is 9.68. The van der Waals surface area contributed by atoms with Crippen LogP contribution in [0.25, 0.3) is 0 Å². The Balaban J connectivity index is 1.88. The van der Waals surface area contributed by atoms with Gasteiger partial charge in [0.15, 0.2) is 0 Å². The third kappa shape index (κ3) is 3.45. The summed E-state index contributed by atoms with van der Waals surface area (Å²) in [5.74, 6) is 0. The molecule has 1 heterocycles. The predicted octanol–water partition coefficient (Wildman–Crippen LogP) is 5.40. The maximum absolute atomic E-state index is 13.5. The van der Waals surface area contributed by atoms with E-state index >= 15 is 0 Å². The molecule has 1 aliphatic heterocycles. The van der Waals surface area contributed by atoms with Crippen molar-refractivity contribution in [3.63, 3.8) is 0 Å². The molecule has 0 fully saturated rings. The van der Waals surface area contributed by atoms with E-state index in [0.717, 1.165) is 25.5 Å². The number of anilines is 2. The van der Waals surface area contributed by atoms with Gasteiger partial charge in [-0.1, -0.05) is 46.3 Å². The van der Waals surface area contributed by atoms with Gasteiger partial charge in [0.25, 0.3) is 10.0 Å². The zero-order valence-corrected chi connectivity index (χ0v) is 18.4. The van der Waals surface area contributed by atoms with Crippen LogP contribution in [0.4, 0.5) is 16.2 Å². The van der Waals surface area contributed by atoms with Crippen molar-refractivity contribution >= 4 is 43.4 Å². The average molecular weight is 471 g/mol. The highest BCUT2D eigenvalue weighted by molar-refractivity contribution is 9.10. The molecule has 0 N–H and O–H groups in total. The van der Waals surface area contributed by atoms with Crippen LogP contribution in [0, 0.1) is 13.8 Å². The zero-order chi connectivity index (χ0) is 20.8. The predicted molar refractivity (Wildman–Crippen MR) is 118 cm³/mol. The number of rotatable bonds is 3. The van der Waals surface area contributed by atoms with E-state index in [0.29, 0.717) is 11.4 Å². The summed E-state index contributed by atoms with van der Waals surface area (Å²) in [4.78, 5) is 15.1. The van der Waals surface area contributed by atoms with Crippen LogP contribution in [0.2, 0.25) is 0 Å². The molecule has 3 aromatic carbocycles. The Hall–Kier alpha value is -2.64. The number of fused-ring (bicyclic) bond motifs is 1. The lowest BCUT2D eigenvalue weighted by molar-refractivity contribution is 0.253. The summed E-state index contributed by atoms with van der Waals surface area (Å²) < 4.78 is 28.5. The third-order valence-corrected chi connectivity index (χ3v) is 7.28. The molecule has 0 aliphatic carbocycles. The largest absolute Gasteiger partial charge is 0.343 e. The number of hydrogen-bond acceptors (Lipinski definition) is 3. The molecule has 2 amide bonds. The molecule has 0 atom stereocenters. The molecule has 0 saturated heterocycles. The van der Waals surface area contributed by atoms with Crippen LogP contribution in [0.15, 0.2) is 76.1 Å². The van der Waals surface area contributed by atoms with Crippen molar-refractivity contribution in [2.24, 2.45) is 0 Å². The first-order chi connectivity index (χ1) is 13.8. The van der Waals surface area contributed by atoms with Crippen LogP contribution < -0.4 is 9.21 Å². The van der Waals surface area contributed by atoms with E-state index in [1.54, 1.807) is 36.4 Å². The Labute approximate surface area is 178 Å². The van der Waals surface area contributed by atoms with Gasteiger partial charge >= 0.3 is 6.03 Å². The van der Waals surface area contributed by atoms with Gasteiger partial charge in [-0.2, -0.15) is 4.31 Å². The SMILES string of the molecule is Cc1ccc(N2C(=O)N(Cc3cccc(Br)c3)c3ccccc3S2(=O)=O)cc1C. The van der Waals surface area contributed by atoms with Crippen LogP contribution in [0.3, 0.4) is 0 Å². The minimum atomic E-state index is -4.02. The lowest BCUT2D eigenvalue weighted by atomic mass is 10.1. The van der Waals surface area contributed by atoms with Gasteiger partial charge in [0.05, 0.1) is 17.9 Å². The highest BCUT2D eigenvalue weighted by Gasteiger charge is 2.42. The summed E-state index contributed by atoms with van der Waals surface area (Å²) in [7, 11) is -4.02. The molecule has 0 saturated carbocycles. The van der Waals surface area contributed by atoms with Crippen molar-refractivity contribution in [2.45, 2.75) is 25.3 Å². The van der Waals surface area contributed by atoms with Crippen LogP contribution in [0.1, 0.15) is 16.7 Å². The van der Waals surface area contributed by atoms with E-state index in [1.807, 2.05) is 44.2 Å². The standard InChI is InChI=1S/C22H19BrN2O3S/c1-15-10-11-19(12-16(15)2)25-22(26)24(14-17-6-5-7-18(23)13-17)20-8-3-4-9-21(20)29(25,27)28/h3-13H,14H2,1-2H3. The van der Waals surface area contributed by atoms with E-state index in [4.69, 9.17) is 0 Å². The second-order valence-electron chi connectivity index (χ2n) is 7.00. The number of sulfonamides is 1. The number of hydrogen-bond donors (Lipinski definition) is 0. The topological polar surface area (TPSA) is 57.7 Å². The minimum Gasteiger partial charge on any atom is -0.287 e. The number of carbonyl (C=O) groups excluding carboxylic acids is 1. The van der Waals surface area contributed by atoms with Crippen LogP contribution in [0.5, 0.6) is 0 Å². The maximum atomic E-state index is 13.5. The summed E-state index contributed by atoms with van der Waals surface area (Å²) in [6.45, 7) is 4.10. The molecule has 5 nitrogen and oxygen atoms in total. The van der Waals surface area contributed by atoms with E-state index < -0.39 is 16.1 Å². The van der Waals surface area contributed by atoms with Gasteiger partial charge in [-0.3, -0.25) is 4.90 Å². The summed E-state index contributed by atoms with van der Waals surface area (Å²) in [6.07, 6.45) is 0. The fraction of sp³-hybridized carbons (Fsp3) is 0.136. The van der Waals surface area contributed by atoms with Crippen molar-refractivity contribution in [2.75, 3.05) is 9.21 Å². The van der Waals surface area contributed by atoms with Gasteiger partial charge in [0.1, 0.15) is 4.90 Å². The third-order valence-electron chi connectivity index (χ3n) is 5.03. The second kappa shape index (κ2) is 7.31. The van der Waals surface area contributed by atoms with Gasteiger partial charge in [0, 0.05) is 4.47 Å². The Morgan fingerprint density at radius 2 is 1.66 bits per heavy atom. The van der Waals surface area contributed by atoms with Gasteiger partial charge in [-0.25, -0.2) is 13.2 Å². The van der Waals surface area contributed by atoms with Crippen molar-refractivity contribution in [3.8, 4) is 0 Å². The number of benzene rings is 3. The molecule has 0 unspecified atom stereocenters. The van der Waals surface area contributed by atoms with Crippen LogP contribution in [-0.2, 0) is 16.6 Å². The zero-order valence-electron chi connectivity index (χ0n) is 16.0. The lowest BCUT2D eigenvalue weighted by Crippen LogP contribution is -2.50. The molecule has 0 radical (unpaired) electrons. The molecule has 7 heteroatoms. The first-order valence-electron chi connectivity index (χ1n) is 9.06. The highest BCUT2D eigenvalue weighted by Crippen LogP contribution is 2.38. The number of amides is 2. The van der Waals surface area contributed by atoms with Crippen LogP contribution in [-0.4, -0.2) is 14.4 Å². The number of urea groups is 1. The molecular weight excluding hydrogens is 452 g/mol. The molecule has 29 heavy (non-hydrogen) atoms. The van der Waals surface area contributed by atoms with E-state index in [-0.39, 0.29) is 11.4 Å². The van der Waals surface area contributed by atoms with E-state index in [9.17, 15) is 13.2 Å². The monoisotopic (exact) mass is 470 g/mol. The Kier molecular flexibility index (Phi) is 4.96. The highest BCUT2D eigenvalue weighted by atomic mass is 79.9. The number of halogens is 1. The molecule has 1 aliphatic rings. The molecule has 4 rings (SSSR count). The summed E-state index contributed by atoms with van der Waals surface area (Å²) >= 11 is 3.45. The van der Waals surface area contributed by atoms with Gasteiger partial charge in [-0.05, 0) is 66.9 Å². The molecule has 148 valence electrons. The minimum absolute atomic E-state index is 0.118. The fourth-order valence-corrected chi connectivity index (χ4v) is 5.42. The first-order valence-corrected chi connectivity index (χ1v) is 11.3. The van der Waals surface area contributed by atoms with Crippen molar-refractivity contribution < 1.29 is 13.2 Å². The van der Waals surface area contributed by atoms with Crippen molar-refractivity contribution in [1.29, 1.82) is 0 Å². The fourth-order valence-electron chi connectivity index (χ4n) is 3.38.